The quantitative estimate of drug-likeness (QED) is 0.670. The van der Waals surface area contributed by atoms with E-state index in [-0.39, 0.29) is 32.3 Å². The van der Waals surface area contributed by atoms with Crippen LogP contribution in [-0.2, 0) is 0 Å². The summed E-state index contributed by atoms with van der Waals surface area (Å²) >= 11 is 0.230. The zero-order valence-electron chi connectivity index (χ0n) is 8.44. The van der Waals surface area contributed by atoms with E-state index in [0.717, 1.165) is 24.3 Å². The minimum atomic E-state index is -1.33. The normalized spacial score (nSPS) is 8.13. The summed E-state index contributed by atoms with van der Waals surface area (Å²) < 4.78 is 0. The number of carboxylic acid groups (broad SMARTS) is 2. The molecular formula is C10H10O4Sn. The molecule has 0 N–H and O–H groups in total. The summed E-state index contributed by atoms with van der Waals surface area (Å²) in [6.45, 7) is 0. The van der Waals surface area contributed by atoms with Crippen LogP contribution in [0, 0.1) is 0 Å². The molecule has 0 unspecified atom stereocenters. The Balaban J connectivity index is 0.000000583. The Hall–Kier alpha value is -1.04. The maximum atomic E-state index is 10.2. The molecule has 0 aromatic heterocycles. The molecular weight excluding hydrogens is 303 g/mol. The van der Waals surface area contributed by atoms with Crippen molar-refractivity contribution < 1.29 is 19.8 Å². The second-order valence-corrected chi connectivity index (χ2v) is 5.51. The molecule has 78 valence electrons. The standard InChI is InChI=1S/C8H6O4.2CH3.Sn/c9-7(10)5-1-2-6(4-3-5)8(11)12;;;/h1-4H,(H,9,10)(H,11,12);2*1H3;/q;;;+2/p-2. The number of rotatable bonds is 2. The van der Waals surface area contributed by atoms with E-state index in [1.54, 1.807) is 0 Å². The molecule has 15 heavy (non-hydrogen) atoms. The van der Waals surface area contributed by atoms with Crippen LogP contribution < -0.4 is 10.2 Å². The van der Waals surface area contributed by atoms with Gasteiger partial charge in [-0.2, -0.15) is 0 Å². The van der Waals surface area contributed by atoms with E-state index in [1.165, 1.54) is 0 Å². The summed E-state index contributed by atoms with van der Waals surface area (Å²) in [5, 5.41) is 20.4. The van der Waals surface area contributed by atoms with Crippen molar-refractivity contribution in [1.82, 2.24) is 0 Å². The van der Waals surface area contributed by atoms with Crippen LogP contribution in [0.4, 0.5) is 0 Å². The van der Waals surface area contributed by atoms with E-state index >= 15 is 0 Å². The van der Waals surface area contributed by atoms with Crippen LogP contribution in [0.5, 0.6) is 0 Å². The zero-order valence-corrected chi connectivity index (χ0v) is 11.3. The molecule has 1 rings (SSSR count). The van der Waals surface area contributed by atoms with Crippen LogP contribution in [0.1, 0.15) is 20.7 Å². The first-order chi connectivity index (χ1) is 7.02. The first-order valence-electron chi connectivity index (χ1n) is 4.14. The van der Waals surface area contributed by atoms with Crippen LogP contribution in [0.2, 0.25) is 9.88 Å². The summed E-state index contributed by atoms with van der Waals surface area (Å²) in [4.78, 5) is 25.0. The molecule has 0 aliphatic heterocycles. The number of benzene rings is 1. The van der Waals surface area contributed by atoms with Crippen molar-refractivity contribution in [2.75, 3.05) is 0 Å². The fourth-order valence-electron chi connectivity index (χ4n) is 0.742. The SMILES string of the molecule is O=C([O-])c1ccc(C(=O)[O-])cc1.[CH3][Sn+2][CH3]. The predicted octanol–water partition coefficient (Wildman–Crippen LogP) is -0.800. The first-order valence-corrected chi connectivity index (χ1v) is 9.85. The summed E-state index contributed by atoms with van der Waals surface area (Å²) in [6.07, 6.45) is 0. The van der Waals surface area contributed by atoms with Crippen molar-refractivity contribution in [1.29, 1.82) is 0 Å². The van der Waals surface area contributed by atoms with Gasteiger partial charge in [-0.25, -0.2) is 0 Å². The third-order valence-electron chi connectivity index (χ3n) is 1.36. The predicted molar refractivity (Wildman–Crippen MR) is 52.6 cm³/mol. The van der Waals surface area contributed by atoms with Crippen LogP contribution >= 0.6 is 0 Å². The van der Waals surface area contributed by atoms with E-state index in [9.17, 15) is 19.8 Å². The van der Waals surface area contributed by atoms with Crippen LogP contribution in [-0.4, -0.2) is 33.1 Å². The molecule has 0 aliphatic carbocycles. The summed E-state index contributed by atoms with van der Waals surface area (Å²) in [6, 6.07) is 4.61. The van der Waals surface area contributed by atoms with Gasteiger partial charge in [-0.05, 0) is 11.1 Å². The molecule has 1 aromatic carbocycles. The Morgan fingerprint density at radius 2 is 1.13 bits per heavy atom. The zero-order chi connectivity index (χ0) is 11.8. The molecule has 0 amide bonds. The Morgan fingerprint density at radius 3 is 1.27 bits per heavy atom. The Morgan fingerprint density at radius 1 is 0.933 bits per heavy atom. The molecule has 5 heteroatoms. The molecule has 0 aliphatic rings. The Labute approximate surface area is 98.2 Å². The molecule has 0 atom stereocenters. The average molecular weight is 313 g/mol. The van der Waals surface area contributed by atoms with E-state index in [2.05, 4.69) is 9.88 Å². The topological polar surface area (TPSA) is 80.3 Å². The van der Waals surface area contributed by atoms with Gasteiger partial charge in [0.2, 0.25) is 0 Å². The maximum absolute atomic E-state index is 10.2. The third-order valence-corrected chi connectivity index (χ3v) is 1.36. The van der Waals surface area contributed by atoms with E-state index in [1.807, 2.05) is 0 Å². The van der Waals surface area contributed by atoms with E-state index in [4.69, 9.17) is 0 Å². The van der Waals surface area contributed by atoms with Gasteiger partial charge in [0, 0.05) is 0 Å². The van der Waals surface area contributed by atoms with Crippen molar-refractivity contribution in [3.63, 3.8) is 0 Å². The first kappa shape index (κ1) is 14.0. The number of hydrogen-bond acceptors (Lipinski definition) is 4. The van der Waals surface area contributed by atoms with Gasteiger partial charge in [-0.1, -0.05) is 24.3 Å². The number of aromatic carboxylic acids is 2. The van der Waals surface area contributed by atoms with Gasteiger partial charge in [0.25, 0.3) is 0 Å². The summed E-state index contributed by atoms with van der Waals surface area (Å²) in [7, 11) is 0. The molecule has 1 aromatic rings. The molecule has 0 saturated heterocycles. The fraction of sp³-hybridized carbons (Fsp3) is 0.200. The van der Waals surface area contributed by atoms with Gasteiger partial charge in [-0.15, -0.1) is 0 Å². The molecule has 0 fully saturated rings. The van der Waals surface area contributed by atoms with Gasteiger partial charge >= 0.3 is 31.0 Å². The Kier molecular flexibility index (Phi) is 6.77. The number of carbonyl (C=O) groups is 2. The molecule has 0 heterocycles. The molecule has 0 bridgehead atoms. The van der Waals surface area contributed by atoms with Crippen LogP contribution in [0.25, 0.3) is 0 Å². The van der Waals surface area contributed by atoms with Crippen molar-refractivity contribution in [2.45, 2.75) is 9.88 Å². The van der Waals surface area contributed by atoms with Crippen molar-refractivity contribution in [3.8, 4) is 0 Å². The number of carbonyl (C=O) groups excluding carboxylic acids is 2. The van der Waals surface area contributed by atoms with Crippen LogP contribution in [0.3, 0.4) is 0 Å². The van der Waals surface area contributed by atoms with Gasteiger partial charge in [0.15, 0.2) is 0 Å². The van der Waals surface area contributed by atoms with Gasteiger partial charge in [0.1, 0.15) is 0 Å². The van der Waals surface area contributed by atoms with Crippen molar-refractivity contribution in [3.05, 3.63) is 35.4 Å². The Bertz CT molecular complexity index is 299. The monoisotopic (exact) mass is 314 g/mol. The fourth-order valence-corrected chi connectivity index (χ4v) is 0.742. The van der Waals surface area contributed by atoms with Crippen molar-refractivity contribution >= 4 is 33.1 Å². The second-order valence-electron chi connectivity index (χ2n) is 2.65. The van der Waals surface area contributed by atoms with Crippen molar-refractivity contribution in [2.24, 2.45) is 0 Å². The van der Waals surface area contributed by atoms with Crippen LogP contribution in [0.15, 0.2) is 24.3 Å². The van der Waals surface area contributed by atoms with E-state index < -0.39 is 11.9 Å². The number of carboxylic acids is 2. The molecule has 0 radical (unpaired) electrons. The number of hydrogen-bond donors (Lipinski definition) is 0. The summed E-state index contributed by atoms with van der Waals surface area (Å²) in [5.41, 5.74) is -0.111. The average Bonchev–Trinajstić information content (AvgIpc) is 2.19. The summed E-state index contributed by atoms with van der Waals surface area (Å²) in [5.74, 6) is -2.67. The molecule has 0 saturated carbocycles. The van der Waals surface area contributed by atoms with Gasteiger partial charge in [0.05, 0.1) is 11.9 Å². The van der Waals surface area contributed by atoms with Gasteiger partial charge < -0.3 is 19.8 Å². The van der Waals surface area contributed by atoms with Gasteiger partial charge in [-0.3, -0.25) is 0 Å². The molecule has 0 spiro atoms. The minimum absolute atomic E-state index is 0.0556. The molecule has 4 nitrogen and oxygen atoms in total. The third kappa shape index (κ3) is 5.41. The van der Waals surface area contributed by atoms with E-state index in [0.29, 0.717) is 0 Å². The second kappa shape index (κ2) is 7.28.